The fourth-order valence-corrected chi connectivity index (χ4v) is 3.37. The van der Waals surface area contributed by atoms with E-state index in [0.717, 1.165) is 0 Å². The van der Waals surface area contributed by atoms with E-state index in [-0.39, 0.29) is 23.3 Å². The summed E-state index contributed by atoms with van der Waals surface area (Å²) in [7, 11) is 2.61. The summed E-state index contributed by atoms with van der Waals surface area (Å²) < 4.78 is 15.5. The second kappa shape index (κ2) is 5.46. The van der Waals surface area contributed by atoms with Crippen LogP contribution in [-0.2, 0) is 28.8 Å². The van der Waals surface area contributed by atoms with Crippen molar-refractivity contribution in [3.63, 3.8) is 0 Å². The van der Waals surface area contributed by atoms with Crippen LogP contribution in [0.4, 0.5) is 0 Å². The maximum Gasteiger partial charge on any atom is 0.234 e. The number of Topliss-reactive ketones (excluding diaryl/α,β-unsaturated/α-hetero) is 1. The molecule has 0 aromatic carbocycles. The standard InChI is InChI=1S/C10H11Cl3O6/c1-15-10(16-2)7(12)6(11)8(14)9(10,13)3-5-17-4-18-19-5/h5H,3-4H2,1-2H3/t5-,9-/m0/s1. The van der Waals surface area contributed by atoms with Gasteiger partial charge in [0.15, 0.2) is 18.0 Å². The van der Waals surface area contributed by atoms with Crippen LogP contribution in [0.3, 0.4) is 0 Å². The van der Waals surface area contributed by atoms with Crippen LogP contribution in [0.5, 0.6) is 0 Å². The Hall–Kier alpha value is 0.0800. The molecule has 19 heavy (non-hydrogen) atoms. The van der Waals surface area contributed by atoms with Crippen molar-refractivity contribution in [1.82, 2.24) is 0 Å². The first-order valence-corrected chi connectivity index (χ1v) is 6.36. The zero-order valence-corrected chi connectivity index (χ0v) is 12.3. The molecule has 0 radical (unpaired) electrons. The Balaban J connectivity index is 2.38. The number of hydrogen-bond acceptors (Lipinski definition) is 6. The second-order valence-electron chi connectivity index (χ2n) is 3.92. The zero-order valence-electron chi connectivity index (χ0n) is 10.1. The highest BCUT2D eigenvalue weighted by atomic mass is 35.5. The highest BCUT2D eigenvalue weighted by Gasteiger charge is 2.66. The van der Waals surface area contributed by atoms with Crippen LogP contribution in [0.25, 0.3) is 0 Å². The van der Waals surface area contributed by atoms with Crippen LogP contribution in [0.1, 0.15) is 6.42 Å². The second-order valence-corrected chi connectivity index (χ2v) is 5.32. The van der Waals surface area contributed by atoms with E-state index >= 15 is 0 Å². The van der Waals surface area contributed by atoms with Gasteiger partial charge in [-0.25, -0.2) is 9.78 Å². The zero-order chi connectivity index (χ0) is 14.3. The van der Waals surface area contributed by atoms with E-state index in [1.165, 1.54) is 14.2 Å². The highest BCUT2D eigenvalue weighted by molar-refractivity contribution is 6.57. The number of carbonyl (C=O) groups is 1. The van der Waals surface area contributed by atoms with Gasteiger partial charge in [0.05, 0.1) is 0 Å². The van der Waals surface area contributed by atoms with Crippen LogP contribution in [0, 0.1) is 0 Å². The quantitative estimate of drug-likeness (QED) is 0.445. The number of alkyl halides is 1. The third kappa shape index (κ3) is 2.11. The summed E-state index contributed by atoms with van der Waals surface area (Å²) in [5.74, 6) is -2.32. The van der Waals surface area contributed by atoms with Crippen molar-refractivity contribution in [2.24, 2.45) is 0 Å². The molecule has 0 spiro atoms. The molecule has 1 saturated heterocycles. The molecule has 1 aliphatic carbocycles. The number of ketones is 1. The normalized spacial score (nSPS) is 34.4. The predicted molar refractivity (Wildman–Crippen MR) is 65.6 cm³/mol. The Labute approximate surface area is 124 Å². The van der Waals surface area contributed by atoms with Gasteiger partial charge in [0.2, 0.25) is 11.6 Å². The van der Waals surface area contributed by atoms with Crippen molar-refractivity contribution in [2.45, 2.75) is 23.4 Å². The van der Waals surface area contributed by atoms with Gasteiger partial charge >= 0.3 is 0 Å². The van der Waals surface area contributed by atoms with E-state index in [0.29, 0.717) is 0 Å². The molecule has 0 aromatic heterocycles. The number of rotatable bonds is 4. The maximum atomic E-state index is 12.2. The summed E-state index contributed by atoms with van der Waals surface area (Å²) in [6, 6.07) is 0. The van der Waals surface area contributed by atoms with Gasteiger partial charge in [-0.2, -0.15) is 0 Å². The van der Waals surface area contributed by atoms with E-state index < -0.39 is 22.7 Å². The summed E-state index contributed by atoms with van der Waals surface area (Å²) in [6.45, 7) is -0.0618. The van der Waals surface area contributed by atoms with Crippen molar-refractivity contribution < 1.29 is 28.8 Å². The van der Waals surface area contributed by atoms with Crippen molar-refractivity contribution in [1.29, 1.82) is 0 Å². The number of allylic oxidation sites excluding steroid dienone is 1. The Morgan fingerprint density at radius 2 is 2.00 bits per heavy atom. The summed E-state index contributed by atoms with van der Waals surface area (Å²) in [4.78, 5) is 19.9. The fraction of sp³-hybridized carbons (Fsp3) is 0.700. The smallest absolute Gasteiger partial charge is 0.234 e. The highest BCUT2D eigenvalue weighted by Crippen LogP contribution is 2.53. The number of hydrogen-bond donors (Lipinski definition) is 0. The molecule has 2 atom stereocenters. The minimum atomic E-state index is -1.71. The third-order valence-electron chi connectivity index (χ3n) is 3.06. The lowest BCUT2D eigenvalue weighted by Crippen LogP contribution is -2.55. The molecule has 2 aliphatic rings. The molecule has 0 aromatic rings. The fourth-order valence-electron chi connectivity index (χ4n) is 2.11. The Morgan fingerprint density at radius 3 is 2.47 bits per heavy atom. The van der Waals surface area contributed by atoms with E-state index in [4.69, 9.17) is 53.9 Å². The molecule has 9 heteroatoms. The van der Waals surface area contributed by atoms with Crippen LogP contribution in [-0.4, -0.2) is 43.7 Å². The summed E-state index contributed by atoms with van der Waals surface area (Å²) in [6.07, 6.45) is -0.959. The van der Waals surface area contributed by atoms with Gasteiger partial charge < -0.3 is 14.2 Å². The van der Waals surface area contributed by atoms with E-state index in [1.807, 2.05) is 0 Å². The van der Waals surface area contributed by atoms with Crippen LogP contribution < -0.4 is 0 Å². The van der Waals surface area contributed by atoms with Crippen LogP contribution in [0.15, 0.2) is 10.1 Å². The molecule has 2 rings (SSSR count). The molecular formula is C10H11Cl3O6. The number of halogens is 3. The third-order valence-corrected chi connectivity index (χ3v) is 4.53. The first-order valence-electron chi connectivity index (χ1n) is 5.22. The Morgan fingerprint density at radius 1 is 1.37 bits per heavy atom. The van der Waals surface area contributed by atoms with Gasteiger partial charge in [-0.3, -0.25) is 4.79 Å². The van der Waals surface area contributed by atoms with Gasteiger partial charge in [-0.1, -0.05) is 23.2 Å². The van der Waals surface area contributed by atoms with E-state index in [9.17, 15) is 4.79 Å². The first kappa shape index (κ1) is 15.5. The first-order chi connectivity index (χ1) is 8.93. The van der Waals surface area contributed by atoms with Gasteiger partial charge in [0.25, 0.3) is 0 Å². The van der Waals surface area contributed by atoms with Crippen molar-refractivity contribution in [2.75, 3.05) is 21.0 Å². The molecule has 0 saturated carbocycles. The Bertz CT molecular complexity index is 415. The minimum absolute atomic E-state index is 0.0618. The van der Waals surface area contributed by atoms with Crippen molar-refractivity contribution >= 4 is 40.6 Å². The topological polar surface area (TPSA) is 63.2 Å². The van der Waals surface area contributed by atoms with Crippen molar-refractivity contribution in [3.8, 4) is 0 Å². The SMILES string of the molecule is COC1(OC)C(Cl)=C(Cl)C(=O)[C@@]1(Cl)C[C@H]1OCOO1. The lowest BCUT2D eigenvalue weighted by atomic mass is 9.94. The monoisotopic (exact) mass is 332 g/mol. The van der Waals surface area contributed by atoms with Gasteiger partial charge in [-0.05, 0) is 0 Å². The number of carbonyl (C=O) groups excluding carboxylic acids is 1. The van der Waals surface area contributed by atoms with E-state index in [2.05, 4.69) is 4.89 Å². The molecule has 1 aliphatic heterocycles. The molecule has 0 N–H and O–H groups in total. The molecule has 6 nitrogen and oxygen atoms in total. The van der Waals surface area contributed by atoms with Crippen LogP contribution >= 0.6 is 34.8 Å². The molecule has 1 fully saturated rings. The largest absolute Gasteiger partial charge is 0.347 e. The summed E-state index contributed by atoms with van der Waals surface area (Å²) in [5.41, 5.74) is 0. The maximum absolute atomic E-state index is 12.2. The summed E-state index contributed by atoms with van der Waals surface area (Å²) >= 11 is 18.3. The minimum Gasteiger partial charge on any atom is -0.347 e. The van der Waals surface area contributed by atoms with Gasteiger partial charge in [0.1, 0.15) is 10.1 Å². The number of methoxy groups -OCH3 is 2. The van der Waals surface area contributed by atoms with Gasteiger partial charge in [-0.15, -0.1) is 11.6 Å². The molecule has 0 unspecified atom stereocenters. The molecule has 108 valence electrons. The summed E-state index contributed by atoms with van der Waals surface area (Å²) in [5, 5.41) is -0.350. The lowest BCUT2D eigenvalue weighted by Gasteiger charge is -2.38. The lowest BCUT2D eigenvalue weighted by molar-refractivity contribution is -0.284. The van der Waals surface area contributed by atoms with Crippen LogP contribution in [0.2, 0.25) is 0 Å². The average molecular weight is 334 g/mol. The van der Waals surface area contributed by atoms with Crippen molar-refractivity contribution in [3.05, 3.63) is 10.1 Å². The molecular weight excluding hydrogens is 322 g/mol. The number of ether oxygens (including phenoxy) is 3. The molecule has 0 amide bonds. The van der Waals surface area contributed by atoms with Gasteiger partial charge in [0, 0.05) is 20.6 Å². The molecule has 1 heterocycles. The predicted octanol–water partition coefficient (Wildman–Crippen LogP) is 1.88. The average Bonchev–Trinajstić information content (AvgIpc) is 2.94. The van der Waals surface area contributed by atoms with E-state index in [1.54, 1.807) is 0 Å². The Kier molecular flexibility index (Phi) is 4.45. The molecule has 0 bridgehead atoms.